The minimum absolute atomic E-state index is 0.232. The van der Waals surface area contributed by atoms with Crippen LogP contribution in [0.3, 0.4) is 0 Å². The molecule has 1 N–H and O–H groups in total. The first-order chi connectivity index (χ1) is 7.61. The Bertz CT molecular complexity index is 210. The van der Waals surface area contributed by atoms with Crippen molar-refractivity contribution in [1.82, 2.24) is 10.2 Å². The second kappa shape index (κ2) is 6.89. The molecule has 1 atom stereocenters. The Morgan fingerprint density at radius 1 is 1.38 bits per heavy atom. The molecular formula is C13H26N2O. The number of nitrogens with one attached hydrogen (secondary N) is 1. The minimum atomic E-state index is 0.232. The van der Waals surface area contributed by atoms with Crippen molar-refractivity contribution < 1.29 is 4.79 Å². The summed E-state index contributed by atoms with van der Waals surface area (Å²) in [5, 5.41) is 3.55. The third-order valence-electron chi connectivity index (χ3n) is 3.64. The molecule has 94 valence electrons. The zero-order valence-electron chi connectivity index (χ0n) is 11.0. The van der Waals surface area contributed by atoms with Gasteiger partial charge in [0.1, 0.15) is 0 Å². The van der Waals surface area contributed by atoms with E-state index in [9.17, 15) is 4.79 Å². The van der Waals surface area contributed by atoms with Crippen LogP contribution >= 0.6 is 0 Å². The Labute approximate surface area is 99.6 Å². The molecule has 3 heteroatoms. The van der Waals surface area contributed by atoms with Crippen LogP contribution in [0.25, 0.3) is 0 Å². The monoisotopic (exact) mass is 226 g/mol. The zero-order chi connectivity index (χ0) is 12.0. The van der Waals surface area contributed by atoms with Gasteiger partial charge < -0.3 is 10.2 Å². The lowest BCUT2D eigenvalue weighted by Crippen LogP contribution is -2.33. The number of hydrogen-bond donors (Lipinski definition) is 1. The highest BCUT2D eigenvalue weighted by Gasteiger charge is 2.20. The van der Waals surface area contributed by atoms with Crippen LogP contribution in [0.4, 0.5) is 0 Å². The summed E-state index contributed by atoms with van der Waals surface area (Å²) in [7, 11) is 3.63. The summed E-state index contributed by atoms with van der Waals surface area (Å²) in [5.41, 5.74) is 0. The summed E-state index contributed by atoms with van der Waals surface area (Å²) in [5.74, 6) is 1.10. The second-order valence-electron chi connectivity index (χ2n) is 5.18. The van der Waals surface area contributed by atoms with E-state index in [-0.39, 0.29) is 5.91 Å². The van der Waals surface area contributed by atoms with Crippen molar-refractivity contribution in [2.45, 2.75) is 51.5 Å². The largest absolute Gasteiger partial charge is 0.349 e. The summed E-state index contributed by atoms with van der Waals surface area (Å²) in [4.78, 5) is 13.0. The van der Waals surface area contributed by atoms with Gasteiger partial charge >= 0.3 is 0 Å². The van der Waals surface area contributed by atoms with Gasteiger partial charge in [0.2, 0.25) is 5.91 Å². The van der Waals surface area contributed by atoms with Crippen LogP contribution in [0.5, 0.6) is 0 Å². The standard InChI is InChI=1S/C13H26N2O/c1-11(12-7-4-5-8-12)14-10-6-9-13(16)15(2)3/h11-12,14H,4-10H2,1-3H3. The van der Waals surface area contributed by atoms with Gasteiger partial charge in [0.25, 0.3) is 0 Å². The summed E-state index contributed by atoms with van der Waals surface area (Å²) in [6.07, 6.45) is 7.17. The van der Waals surface area contributed by atoms with Crippen LogP contribution < -0.4 is 5.32 Å². The Morgan fingerprint density at radius 3 is 2.56 bits per heavy atom. The molecule has 1 fully saturated rings. The van der Waals surface area contributed by atoms with Crippen molar-refractivity contribution in [1.29, 1.82) is 0 Å². The molecule has 16 heavy (non-hydrogen) atoms. The van der Waals surface area contributed by atoms with Gasteiger partial charge in [-0.05, 0) is 38.6 Å². The summed E-state index contributed by atoms with van der Waals surface area (Å²) >= 11 is 0. The SMILES string of the molecule is CC(NCCCC(=O)N(C)C)C1CCCC1. The molecule has 0 saturated heterocycles. The van der Waals surface area contributed by atoms with E-state index in [4.69, 9.17) is 0 Å². The predicted octanol–water partition coefficient (Wildman–Crippen LogP) is 2.02. The molecule has 0 aliphatic heterocycles. The van der Waals surface area contributed by atoms with E-state index in [1.54, 1.807) is 4.90 Å². The van der Waals surface area contributed by atoms with E-state index < -0.39 is 0 Å². The molecule has 3 nitrogen and oxygen atoms in total. The van der Waals surface area contributed by atoms with Gasteiger partial charge in [-0.1, -0.05) is 12.8 Å². The van der Waals surface area contributed by atoms with Crippen molar-refractivity contribution in [3.63, 3.8) is 0 Å². The lowest BCUT2D eigenvalue weighted by atomic mass is 10.00. The fourth-order valence-corrected chi connectivity index (χ4v) is 2.42. The van der Waals surface area contributed by atoms with Crippen LogP contribution in [0, 0.1) is 5.92 Å². The molecule has 0 bridgehead atoms. The van der Waals surface area contributed by atoms with Gasteiger partial charge in [0, 0.05) is 26.6 Å². The van der Waals surface area contributed by atoms with Crippen LogP contribution in [0.2, 0.25) is 0 Å². The first kappa shape index (κ1) is 13.5. The number of rotatable bonds is 6. The number of hydrogen-bond acceptors (Lipinski definition) is 2. The number of amides is 1. The highest BCUT2D eigenvalue weighted by Crippen LogP contribution is 2.27. The fraction of sp³-hybridized carbons (Fsp3) is 0.923. The highest BCUT2D eigenvalue weighted by molar-refractivity contribution is 5.75. The maximum Gasteiger partial charge on any atom is 0.222 e. The number of carbonyl (C=O) groups excluding carboxylic acids is 1. The quantitative estimate of drug-likeness (QED) is 0.703. The molecule has 1 aliphatic rings. The Hall–Kier alpha value is -0.570. The molecule has 1 rings (SSSR count). The molecule has 0 aromatic heterocycles. The third-order valence-corrected chi connectivity index (χ3v) is 3.64. The topological polar surface area (TPSA) is 32.3 Å². The van der Waals surface area contributed by atoms with Crippen molar-refractivity contribution in [2.24, 2.45) is 5.92 Å². The van der Waals surface area contributed by atoms with Crippen molar-refractivity contribution in [3.8, 4) is 0 Å². The maximum absolute atomic E-state index is 11.3. The first-order valence-corrected chi connectivity index (χ1v) is 6.55. The van der Waals surface area contributed by atoms with Gasteiger partial charge in [0.15, 0.2) is 0 Å². The number of carbonyl (C=O) groups is 1. The third kappa shape index (κ3) is 4.52. The normalized spacial score (nSPS) is 18.7. The first-order valence-electron chi connectivity index (χ1n) is 6.55. The summed E-state index contributed by atoms with van der Waals surface area (Å²) < 4.78 is 0. The van der Waals surface area contributed by atoms with Crippen LogP contribution in [-0.2, 0) is 4.79 Å². The zero-order valence-corrected chi connectivity index (χ0v) is 11.0. The molecule has 1 aliphatic carbocycles. The Morgan fingerprint density at radius 2 is 2.00 bits per heavy atom. The number of nitrogens with zero attached hydrogens (tertiary/aromatic N) is 1. The van der Waals surface area contributed by atoms with Crippen molar-refractivity contribution in [2.75, 3.05) is 20.6 Å². The second-order valence-corrected chi connectivity index (χ2v) is 5.18. The average molecular weight is 226 g/mol. The molecular weight excluding hydrogens is 200 g/mol. The smallest absolute Gasteiger partial charge is 0.222 e. The van der Waals surface area contributed by atoms with Crippen LogP contribution in [-0.4, -0.2) is 37.5 Å². The van der Waals surface area contributed by atoms with E-state index in [1.807, 2.05) is 14.1 Å². The summed E-state index contributed by atoms with van der Waals surface area (Å²) in [6.45, 7) is 3.25. The predicted molar refractivity (Wildman–Crippen MR) is 67.4 cm³/mol. The minimum Gasteiger partial charge on any atom is -0.349 e. The van der Waals surface area contributed by atoms with Crippen LogP contribution in [0.1, 0.15) is 45.4 Å². The molecule has 0 heterocycles. The Kier molecular flexibility index (Phi) is 5.81. The van der Waals surface area contributed by atoms with Gasteiger partial charge in [-0.15, -0.1) is 0 Å². The maximum atomic E-state index is 11.3. The molecule has 0 aromatic rings. The molecule has 1 amide bonds. The van der Waals surface area contributed by atoms with E-state index in [0.29, 0.717) is 12.5 Å². The van der Waals surface area contributed by atoms with E-state index in [2.05, 4.69) is 12.2 Å². The lowest BCUT2D eigenvalue weighted by Gasteiger charge is -2.20. The van der Waals surface area contributed by atoms with E-state index in [0.717, 1.165) is 18.9 Å². The van der Waals surface area contributed by atoms with E-state index in [1.165, 1.54) is 25.7 Å². The van der Waals surface area contributed by atoms with Crippen LogP contribution in [0.15, 0.2) is 0 Å². The molecule has 0 radical (unpaired) electrons. The molecule has 0 spiro atoms. The van der Waals surface area contributed by atoms with Gasteiger partial charge in [-0.25, -0.2) is 0 Å². The van der Waals surface area contributed by atoms with Gasteiger partial charge in [-0.2, -0.15) is 0 Å². The van der Waals surface area contributed by atoms with E-state index >= 15 is 0 Å². The molecule has 0 aromatic carbocycles. The highest BCUT2D eigenvalue weighted by atomic mass is 16.2. The van der Waals surface area contributed by atoms with Crippen molar-refractivity contribution >= 4 is 5.91 Å². The fourth-order valence-electron chi connectivity index (χ4n) is 2.42. The Balaban J connectivity index is 2.04. The molecule has 1 unspecified atom stereocenters. The lowest BCUT2D eigenvalue weighted by molar-refractivity contribution is -0.128. The average Bonchev–Trinajstić information content (AvgIpc) is 2.76. The summed E-state index contributed by atoms with van der Waals surface area (Å²) in [6, 6.07) is 0.622. The molecule has 1 saturated carbocycles. The van der Waals surface area contributed by atoms with Crippen molar-refractivity contribution in [3.05, 3.63) is 0 Å². The van der Waals surface area contributed by atoms with Gasteiger partial charge in [-0.3, -0.25) is 4.79 Å². The van der Waals surface area contributed by atoms with Gasteiger partial charge in [0.05, 0.1) is 0 Å².